The van der Waals surface area contributed by atoms with E-state index in [-0.39, 0.29) is 23.5 Å². The number of aromatic nitrogens is 3. The maximum absolute atomic E-state index is 11.4. The monoisotopic (exact) mass is 383 g/mol. The molecule has 10 nitrogen and oxygen atoms in total. The number of nitrogens with zero attached hydrogens (tertiary/aromatic N) is 5. The molecule has 0 unspecified atom stereocenters. The zero-order valence-corrected chi connectivity index (χ0v) is 15.5. The molecule has 10 heteroatoms. The number of methoxy groups -OCH3 is 1. The van der Waals surface area contributed by atoms with Gasteiger partial charge in [0.2, 0.25) is 17.6 Å². The maximum Gasteiger partial charge on any atom is 0.329 e. The standard InChI is InChI=1S/C18H21N7O3/c1-28-17-14(3-2-10-20-17)23-18-21-11-15(25(26)27)16(24-18)22-13-6-4-12(5-7-13)8-9-19/h2-3,10-13H,4-8H2,1H3,(H2,21,22,23,24). The van der Waals surface area contributed by atoms with Gasteiger partial charge in [-0.25, -0.2) is 9.97 Å². The lowest BCUT2D eigenvalue weighted by Crippen LogP contribution is -2.27. The van der Waals surface area contributed by atoms with Crippen molar-refractivity contribution in [2.75, 3.05) is 17.7 Å². The average Bonchev–Trinajstić information content (AvgIpc) is 2.70. The van der Waals surface area contributed by atoms with E-state index in [0.717, 1.165) is 25.7 Å². The van der Waals surface area contributed by atoms with Gasteiger partial charge < -0.3 is 15.4 Å². The van der Waals surface area contributed by atoms with Crippen molar-refractivity contribution in [3.05, 3.63) is 34.6 Å². The zero-order chi connectivity index (χ0) is 19.9. The van der Waals surface area contributed by atoms with Gasteiger partial charge in [0.15, 0.2) is 0 Å². The molecule has 0 radical (unpaired) electrons. The van der Waals surface area contributed by atoms with Crippen molar-refractivity contribution in [1.82, 2.24) is 15.0 Å². The van der Waals surface area contributed by atoms with Crippen LogP contribution in [0.3, 0.4) is 0 Å². The number of hydrogen-bond acceptors (Lipinski definition) is 9. The number of pyridine rings is 1. The smallest absolute Gasteiger partial charge is 0.329 e. The van der Waals surface area contributed by atoms with Crippen molar-refractivity contribution in [2.45, 2.75) is 38.1 Å². The minimum atomic E-state index is -0.502. The first-order chi connectivity index (χ1) is 13.6. The summed E-state index contributed by atoms with van der Waals surface area (Å²) >= 11 is 0. The zero-order valence-electron chi connectivity index (χ0n) is 15.5. The third-order valence-electron chi connectivity index (χ3n) is 4.74. The highest BCUT2D eigenvalue weighted by Gasteiger charge is 2.25. The molecule has 2 heterocycles. The Bertz CT molecular complexity index is 876. The molecule has 146 valence electrons. The van der Waals surface area contributed by atoms with Crippen molar-refractivity contribution >= 4 is 23.1 Å². The molecule has 1 saturated carbocycles. The molecule has 3 rings (SSSR count). The fourth-order valence-electron chi connectivity index (χ4n) is 3.28. The Morgan fingerprint density at radius 3 is 2.82 bits per heavy atom. The fraction of sp³-hybridized carbons (Fsp3) is 0.444. The molecule has 2 N–H and O–H groups in total. The first-order valence-electron chi connectivity index (χ1n) is 9.01. The van der Waals surface area contributed by atoms with E-state index in [9.17, 15) is 10.1 Å². The van der Waals surface area contributed by atoms with Crippen LogP contribution < -0.4 is 15.4 Å². The number of rotatable bonds is 7. The topological polar surface area (TPSA) is 139 Å². The van der Waals surface area contributed by atoms with E-state index in [0.29, 0.717) is 23.9 Å². The van der Waals surface area contributed by atoms with Crippen LogP contribution in [0, 0.1) is 27.4 Å². The molecule has 0 aromatic carbocycles. The summed E-state index contributed by atoms with van der Waals surface area (Å²) in [6, 6.07) is 5.77. The normalized spacial score (nSPS) is 18.7. The molecule has 0 aliphatic heterocycles. The molecular weight excluding hydrogens is 362 g/mol. The summed E-state index contributed by atoms with van der Waals surface area (Å²) in [5.41, 5.74) is 0.379. The predicted molar refractivity (Wildman–Crippen MR) is 102 cm³/mol. The van der Waals surface area contributed by atoms with Crippen LogP contribution in [0.25, 0.3) is 0 Å². The summed E-state index contributed by atoms with van der Waals surface area (Å²) in [6.45, 7) is 0. The second-order valence-corrected chi connectivity index (χ2v) is 6.59. The predicted octanol–water partition coefficient (Wildman–Crippen LogP) is 3.42. The SMILES string of the molecule is COc1ncccc1Nc1ncc([N+](=O)[O-])c(NC2CCC(CC#N)CC2)n1. The van der Waals surface area contributed by atoms with Gasteiger partial charge >= 0.3 is 5.69 Å². The van der Waals surface area contributed by atoms with Crippen LogP contribution in [0.4, 0.5) is 23.1 Å². The minimum absolute atomic E-state index is 0.0734. The van der Waals surface area contributed by atoms with Crippen LogP contribution >= 0.6 is 0 Å². The molecule has 0 atom stereocenters. The van der Waals surface area contributed by atoms with Gasteiger partial charge in [-0.15, -0.1) is 0 Å². The lowest BCUT2D eigenvalue weighted by molar-refractivity contribution is -0.384. The lowest BCUT2D eigenvalue weighted by atomic mass is 9.84. The Kier molecular flexibility index (Phi) is 6.16. The molecule has 2 aromatic heterocycles. The van der Waals surface area contributed by atoms with Crippen LogP contribution in [0.5, 0.6) is 5.88 Å². The van der Waals surface area contributed by atoms with Crippen molar-refractivity contribution < 1.29 is 9.66 Å². The Balaban J connectivity index is 1.77. The number of hydrogen-bond donors (Lipinski definition) is 2. The van der Waals surface area contributed by atoms with Gasteiger partial charge in [0.25, 0.3) is 0 Å². The summed E-state index contributed by atoms with van der Waals surface area (Å²) in [7, 11) is 1.50. The molecule has 0 bridgehead atoms. The fourth-order valence-corrected chi connectivity index (χ4v) is 3.28. The number of nitriles is 1. The van der Waals surface area contributed by atoms with E-state index in [1.54, 1.807) is 18.3 Å². The summed E-state index contributed by atoms with van der Waals surface area (Å²) < 4.78 is 5.19. The Hall–Kier alpha value is -3.48. The Labute approximate surface area is 162 Å². The van der Waals surface area contributed by atoms with Crippen LogP contribution in [0.2, 0.25) is 0 Å². The third-order valence-corrected chi connectivity index (χ3v) is 4.74. The number of anilines is 3. The second-order valence-electron chi connectivity index (χ2n) is 6.59. The van der Waals surface area contributed by atoms with Crippen molar-refractivity contribution in [3.63, 3.8) is 0 Å². The van der Waals surface area contributed by atoms with Gasteiger partial charge in [-0.05, 0) is 43.7 Å². The summed E-state index contributed by atoms with van der Waals surface area (Å²) in [6.07, 6.45) is 6.85. The van der Waals surface area contributed by atoms with E-state index < -0.39 is 4.92 Å². The Morgan fingerprint density at radius 2 is 2.14 bits per heavy atom. The molecule has 1 fully saturated rings. The van der Waals surface area contributed by atoms with Crippen LogP contribution in [-0.4, -0.2) is 33.0 Å². The van der Waals surface area contributed by atoms with Crippen LogP contribution in [0.1, 0.15) is 32.1 Å². The van der Waals surface area contributed by atoms with Crippen molar-refractivity contribution in [3.8, 4) is 11.9 Å². The molecule has 1 aliphatic rings. The van der Waals surface area contributed by atoms with Crippen LogP contribution in [-0.2, 0) is 0 Å². The van der Waals surface area contributed by atoms with E-state index >= 15 is 0 Å². The highest BCUT2D eigenvalue weighted by molar-refractivity contribution is 5.63. The van der Waals surface area contributed by atoms with Crippen LogP contribution in [0.15, 0.2) is 24.5 Å². The Morgan fingerprint density at radius 1 is 1.36 bits per heavy atom. The number of nitrogens with one attached hydrogen (secondary N) is 2. The van der Waals surface area contributed by atoms with Gasteiger partial charge in [0.1, 0.15) is 11.9 Å². The molecule has 0 saturated heterocycles. The molecular formula is C18H21N7O3. The van der Waals surface area contributed by atoms with Gasteiger partial charge in [-0.3, -0.25) is 10.1 Å². The van der Waals surface area contributed by atoms with Gasteiger partial charge in [0, 0.05) is 18.7 Å². The highest BCUT2D eigenvalue weighted by Crippen LogP contribution is 2.31. The molecule has 0 spiro atoms. The van der Waals surface area contributed by atoms with Gasteiger partial charge in [0.05, 0.1) is 18.1 Å². The number of nitro groups is 1. The van der Waals surface area contributed by atoms with E-state index in [1.807, 2.05) is 0 Å². The van der Waals surface area contributed by atoms with E-state index in [4.69, 9.17) is 10.00 Å². The molecule has 1 aliphatic carbocycles. The van der Waals surface area contributed by atoms with Crippen molar-refractivity contribution in [1.29, 1.82) is 5.26 Å². The summed E-state index contributed by atoms with van der Waals surface area (Å²) in [5, 5.41) is 26.4. The first kappa shape index (κ1) is 19.3. The first-order valence-corrected chi connectivity index (χ1v) is 9.01. The van der Waals surface area contributed by atoms with Crippen molar-refractivity contribution in [2.24, 2.45) is 5.92 Å². The third kappa shape index (κ3) is 4.62. The summed E-state index contributed by atoms with van der Waals surface area (Å²) in [4.78, 5) is 23.3. The van der Waals surface area contributed by atoms with E-state index in [2.05, 4.69) is 31.7 Å². The minimum Gasteiger partial charge on any atom is -0.480 e. The molecule has 0 amide bonds. The largest absolute Gasteiger partial charge is 0.480 e. The second kappa shape index (κ2) is 8.94. The molecule has 28 heavy (non-hydrogen) atoms. The van der Waals surface area contributed by atoms with Gasteiger partial charge in [-0.2, -0.15) is 10.2 Å². The summed E-state index contributed by atoms with van der Waals surface area (Å²) in [5.74, 6) is 1.15. The molecule has 2 aromatic rings. The highest BCUT2D eigenvalue weighted by atomic mass is 16.6. The lowest BCUT2D eigenvalue weighted by Gasteiger charge is -2.28. The van der Waals surface area contributed by atoms with Gasteiger partial charge in [-0.1, -0.05) is 0 Å². The maximum atomic E-state index is 11.4. The number of ether oxygens (including phenoxy) is 1. The van der Waals surface area contributed by atoms with E-state index in [1.165, 1.54) is 13.3 Å². The average molecular weight is 383 g/mol. The quantitative estimate of drug-likeness (QED) is 0.543.